The standard InChI is InChI=1S/C62H115NO3/c1-3-5-7-9-11-13-15-17-19-21-22-23-24-25-26-27-28-29-30-31-32-33-34-35-36-37-38-39-40-42-44-46-48-50-52-54-56-58-62(66)63-60(59-64)61(65)57-55-53-51-49-47-45-43-41-20-18-16-14-12-10-8-6-4-2/h5,7,11,13,17,19,22-23,25-26,60-61,64-65H,3-4,6,8-10,12,14-16,18,20-21,24,27-59H2,1-2H3,(H,63,66)/b7-5-,13-11-,19-17-,23-22-,26-25-. The molecule has 0 aromatic rings. The third-order valence-electron chi connectivity index (χ3n) is 13.5. The molecule has 2 unspecified atom stereocenters. The van der Waals surface area contributed by atoms with Crippen LogP contribution < -0.4 is 5.32 Å². The van der Waals surface area contributed by atoms with Gasteiger partial charge >= 0.3 is 0 Å². The maximum absolute atomic E-state index is 12.5. The molecule has 0 spiro atoms. The SMILES string of the molecule is CC/C=C\C/C=C\C/C=C\C/C=C\C/C=C\CCCCCCCCCCCCCCCCCCCCCCCC(=O)NC(CO)C(O)CCCCCCCCCCCCCCCCCCC. The van der Waals surface area contributed by atoms with Gasteiger partial charge in [0.1, 0.15) is 0 Å². The molecular weight excluding hydrogens is 807 g/mol. The maximum Gasteiger partial charge on any atom is 0.220 e. The number of aliphatic hydroxyl groups is 2. The Balaban J connectivity index is 3.41. The number of nitrogens with one attached hydrogen (secondary N) is 1. The molecule has 0 aliphatic heterocycles. The van der Waals surface area contributed by atoms with Gasteiger partial charge in [0.15, 0.2) is 0 Å². The highest BCUT2D eigenvalue weighted by atomic mass is 16.3. The second kappa shape index (κ2) is 57.4. The highest BCUT2D eigenvalue weighted by Gasteiger charge is 2.20. The van der Waals surface area contributed by atoms with Crippen LogP contribution in [0.3, 0.4) is 0 Å². The van der Waals surface area contributed by atoms with E-state index in [4.69, 9.17) is 0 Å². The zero-order chi connectivity index (χ0) is 47.7. The number of carbonyl (C=O) groups excluding carboxylic acids is 1. The van der Waals surface area contributed by atoms with Crippen LogP contribution in [0.4, 0.5) is 0 Å². The van der Waals surface area contributed by atoms with Gasteiger partial charge in [-0.05, 0) is 57.8 Å². The smallest absolute Gasteiger partial charge is 0.220 e. The molecule has 1 amide bonds. The van der Waals surface area contributed by atoms with Crippen molar-refractivity contribution < 1.29 is 15.0 Å². The van der Waals surface area contributed by atoms with E-state index in [0.29, 0.717) is 12.8 Å². The zero-order valence-corrected chi connectivity index (χ0v) is 44.5. The van der Waals surface area contributed by atoms with Crippen molar-refractivity contribution in [2.24, 2.45) is 0 Å². The van der Waals surface area contributed by atoms with E-state index in [9.17, 15) is 15.0 Å². The minimum absolute atomic E-state index is 0.0268. The van der Waals surface area contributed by atoms with E-state index in [1.807, 2.05) is 0 Å². The summed E-state index contributed by atoms with van der Waals surface area (Å²) >= 11 is 0. The zero-order valence-electron chi connectivity index (χ0n) is 44.5. The van der Waals surface area contributed by atoms with Crippen LogP contribution in [-0.2, 0) is 4.79 Å². The lowest BCUT2D eigenvalue weighted by molar-refractivity contribution is -0.123. The first-order chi connectivity index (χ1) is 32.7. The molecule has 386 valence electrons. The molecule has 4 nitrogen and oxygen atoms in total. The summed E-state index contributed by atoms with van der Waals surface area (Å²) in [7, 11) is 0. The molecule has 0 radical (unpaired) electrons. The Kier molecular flexibility index (Phi) is 55.7. The Bertz CT molecular complexity index is 1090. The molecule has 0 aromatic carbocycles. The number of unbranched alkanes of at least 4 members (excludes halogenated alkanes) is 37. The highest BCUT2D eigenvalue weighted by molar-refractivity contribution is 5.76. The molecular formula is C62H115NO3. The monoisotopic (exact) mass is 922 g/mol. The van der Waals surface area contributed by atoms with Crippen LogP contribution in [0.2, 0.25) is 0 Å². The van der Waals surface area contributed by atoms with Crippen molar-refractivity contribution in [3.8, 4) is 0 Å². The highest BCUT2D eigenvalue weighted by Crippen LogP contribution is 2.18. The first kappa shape index (κ1) is 64.1. The summed E-state index contributed by atoms with van der Waals surface area (Å²) in [5.41, 5.74) is 0. The molecule has 0 fully saturated rings. The van der Waals surface area contributed by atoms with E-state index in [1.165, 1.54) is 225 Å². The molecule has 0 saturated heterocycles. The van der Waals surface area contributed by atoms with Crippen LogP contribution in [0, 0.1) is 0 Å². The van der Waals surface area contributed by atoms with Gasteiger partial charge in [0, 0.05) is 6.42 Å². The predicted octanol–water partition coefficient (Wildman–Crippen LogP) is 19.6. The molecule has 2 atom stereocenters. The molecule has 4 heteroatoms. The molecule has 0 aliphatic carbocycles. The summed E-state index contributed by atoms with van der Waals surface area (Å²) in [5, 5.41) is 23.3. The molecule has 0 heterocycles. The average molecular weight is 923 g/mol. The lowest BCUT2D eigenvalue weighted by Crippen LogP contribution is -2.45. The van der Waals surface area contributed by atoms with Crippen molar-refractivity contribution >= 4 is 5.91 Å². The quantitative estimate of drug-likeness (QED) is 0.0420. The topological polar surface area (TPSA) is 69.6 Å². The van der Waals surface area contributed by atoms with E-state index >= 15 is 0 Å². The van der Waals surface area contributed by atoms with Crippen LogP contribution in [0.5, 0.6) is 0 Å². The van der Waals surface area contributed by atoms with E-state index in [-0.39, 0.29) is 12.5 Å². The summed E-state index contributed by atoms with van der Waals surface area (Å²) in [5.74, 6) is -0.0268. The summed E-state index contributed by atoms with van der Waals surface area (Å²) in [4.78, 5) is 12.5. The van der Waals surface area contributed by atoms with E-state index < -0.39 is 12.1 Å². The van der Waals surface area contributed by atoms with Gasteiger partial charge in [0.2, 0.25) is 5.91 Å². The molecule has 0 aliphatic rings. The number of amides is 1. The van der Waals surface area contributed by atoms with Crippen LogP contribution >= 0.6 is 0 Å². The van der Waals surface area contributed by atoms with Gasteiger partial charge in [-0.2, -0.15) is 0 Å². The molecule has 0 aromatic heterocycles. The summed E-state index contributed by atoms with van der Waals surface area (Å²) in [6.07, 6.45) is 80.8. The normalized spacial score (nSPS) is 13.2. The number of rotatable bonds is 54. The molecule has 3 N–H and O–H groups in total. The van der Waals surface area contributed by atoms with Gasteiger partial charge in [-0.25, -0.2) is 0 Å². The fourth-order valence-electron chi connectivity index (χ4n) is 9.10. The van der Waals surface area contributed by atoms with Crippen molar-refractivity contribution in [2.75, 3.05) is 6.61 Å². The maximum atomic E-state index is 12.5. The number of carbonyl (C=O) groups is 1. The summed E-state index contributed by atoms with van der Waals surface area (Å²) in [6.45, 7) is 4.27. The van der Waals surface area contributed by atoms with E-state index in [1.54, 1.807) is 0 Å². The predicted molar refractivity (Wildman–Crippen MR) is 294 cm³/mol. The largest absolute Gasteiger partial charge is 0.394 e. The Labute approximate surface area is 413 Å². The van der Waals surface area contributed by atoms with Gasteiger partial charge in [-0.15, -0.1) is 0 Å². The van der Waals surface area contributed by atoms with Crippen LogP contribution in [0.25, 0.3) is 0 Å². The first-order valence-corrected chi connectivity index (χ1v) is 29.5. The van der Waals surface area contributed by atoms with Crippen LogP contribution in [0.1, 0.15) is 309 Å². The number of aliphatic hydroxyl groups excluding tert-OH is 2. The molecule has 0 bridgehead atoms. The van der Waals surface area contributed by atoms with Crippen molar-refractivity contribution in [1.82, 2.24) is 5.32 Å². The summed E-state index contributed by atoms with van der Waals surface area (Å²) < 4.78 is 0. The van der Waals surface area contributed by atoms with Gasteiger partial charge in [0.25, 0.3) is 0 Å². The van der Waals surface area contributed by atoms with Gasteiger partial charge in [-0.3, -0.25) is 4.79 Å². The fourth-order valence-corrected chi connectivity index (χ4v) is 9.10. The van der Waals surface area contributed by atoms with Crippen molar-refractivity contribution in [1.29, 1.82) is 0 Å². The lowest BCUT2D eigenvalue weighted by Gasteiger charge is -2.22. The second-order valence-electron chi connectivity index (χ2n) is 20.0. The molecule has 0 rings (SSSR count). The second-order valence-corrected chi connectivity index (χ2v) is 20.0. The average Bonchev–Trinajstić information content (AvgIpc) is 3.32. The Hall–Kier alpha value is -1.91. The summed E-state index contributed by atoms with van der Waals surface area (Å²) in [6, 6.07) is -0.536. The van der Waals surface area contributed by atoms with E-state index in [0.717, 1.165) is 57.8 Å². The number of hydrogen-bond donors (Lipinski definition) is 3. The Morgan fingerprint density at radius 2 is 0.667 bits per heavy atom. The first-order valence-electron chi connectivity index (χ1n) is 29.5. The van der Waals surface area contributed by atoms with Crippen molar-refractivity contribution in [3.05, 3.63) is 60.8 Å². The van der Waals surface area contributed by atoms with E-state index in [2.05, 4.69) is 79.9 Å². The minimum Gasteiger partial charge on any atom is -0.394 e. The number of hydrogen-bond acceptors (Lipinski definition) is 3. The Morgan fingerprint density at radius 3 is 1.00 bits per heavy atom. The Morgan fingerprint density at radius 1 is 0.379 bits per heavy atom. The number of allylic oxidation sites excluding steroid dienone is 10. The van der Waals surface area contributed by atoms with Crippen LogP contribution in [-0.4, -0.2) is 34.9 Å². The van der Waals surface area contributed by atoms with Crippen molar-refractivity contribution in [2.45, 2.75) is 321 Å². The minimum atomic E-state index is -0.659. The van der Waals surface area contributed by atoms with Gasteiger partial charge < -0.3 is 15.5 Å². The molecule has 66 heavy (non-hydrogen) atoms. The van der Waals surface area contributed by atoms with Crippen LogP contribution in [0.15, 0.2) is 60.8 Å². The van der Waals surface area contributed by atoms with Gasteiger partial charge in [-0.1, -0.05) is 306 Å². The fraction of sp³-hybridized carbons (Fsp3) is 0.823. The van der Waals surface area contributed by atoms with Gasteiger partial charge in [0.05, 0.1) is 18.8 Å². The third-order valence-corrected chi connectivity index (χ3v) is 13.5. The third kappa shape index (κ3) is 53.1. The van der Waals surface area contributed by atoms with Crippen molar-refractivity contribution in [3.63, 3.8) is 0 Å². The lowest BCUT2D eigenvalue weighted by atomic mass is 10.0. The molecule has 0 saturated carbocycles.